The molecule has 4 N–H and O–H groups in total. The number of aliphatic hydroxyl groups is 1. The van der Waals surface area contributed by atoms with Gasteiger partial charge in [-0.3, -0.25) is 0 Å². The molecule has 2 aliphatic rings. The molecule has 0 amide bonds. The molecule has 2 aromatic rings. The first-order valence-corrected chi connectivity index (χ1v) is 9.34. The smallest absolute Gasteiger partial charge is 0.453 e. The molecule has 0 fully saturated rings. The van der Waals surface area contributed by atoms with Gasteiger partial charge in [-0.2, -0.15) is 0 Å². The summed E-state index contributed by atoms with van der Waals surface area (Å²) in [5.41, 5.74) is 2.32. The third-order valence-corrected chi connectivity index (χ3v) is 5.37. The molecule has 154 valence electrons. The maximum Gasteiger partial charge on any atom is 0.453 e. The average molecular weight is 466 g/mol. The van der Waals surface area contributed by atoms with Crippen LogP contribution in [0.3, 0.4) is 0 Å². The number of aliphatic hydroxyl groups excluding tert-OH is 1. The number of hydrogen-bond donors (Lipinski definition) is 4. The van der Waals surface area contributed by atoms with E-state index in [-0.39, 0.29) is 76.7 Å². The second kappa shape index (κ2) is 10.4. The van der Waals surface area contributed by atoms with E-state index >= 15 is 0 Å². The van der Waals surface area contributed by atoms with Crippen molar-refractivity contribution in [2.24, 2.45) is 0 Å². The minimum atomic E-state index is -2.77. The quantitative estimate of drug-likeness (QED) is 0.368. The summed E-state index contributed by atoms with van der Waals surface area (Å²) in [4.78, 5) is 22.9. The largest absolute Gasteiger partial charge is 0.475 e. The third kappa shape index (κ3) is 5.08. The fraction of sp³-hybridized carbons (Fsp3) is 0.300. The van der Waals surface area contributed by atoms with Crippen LogP contribution in [0.25, 0.3) is 0 Å². The van der Waals surface area contributed by atoms with Crippen molar-refractivity contribution in [1.29, 1.82) is 0 Å². The Bertz CT molecular complexity index is 989. The van der Waals surface area contributed by atoms with E-state index in [9.17, 15) is 24.9 Å². The van der Waals surface area contributed by atoms with Crippen molar-refractivity contribution < 1.29 is 34.4 Å². The molecule has 1 heterocycles. The van der Waals surface area contributed by atoms with Gasteiger partial charge in [0.1, 0.15) is 0 Å². The molecule has 0 unspecified atom stereocenters. The number of carbonyl (C=O) groups is 2. The molecule has 2 radical (unpaired) electrons. The van der Waals surface area contributed by atoms with Gasteiger partial charge in [-0.05, 0) is 42.2 Å². The molecule has 11 heteroatoms. The molecule has 31 heavy (non-hydrogen) atoms. The maximum absolute atomic E-state index is 11.5. The summed E-state index contributed by atoms with van der Waals surface area (Å²) < 4.78 is 10.5. The van der Waals surface area contributed by atoms with Gasteiger partial charge in [0, 0.05) is 82.3 Å². The molecule has 1 aliphatic heterocycles. The van der Waals surface area contributed by atoms with Gasteiger partial charge in [-0.15, -0.1) is 0 Å². The molecule has 4 rings (SSSR count). The van der Waals surface area contributed by atoms with E-state index in [2.05, 4.69) is 5.32 Å². The summed E-state index contributed by atoms with van der Waals surface area (Å²) in [7, 11) is 0. The van der Waals surface area contributed by atoms with Crippen LogP contribution in [0.4, 0.5) is 0 Å². The van der Waals surface area contributed by atoms with E-state index in [0.717, 1.165) is 5.56 Å². The van der Waals surface area contributed by atoms with Crippen LogP contribution in [0.15, 0.2) is 36.4 Å². The van der Waals surface area contributed by atoms with E-state index in [4.69, 9.17) is 21.1 Å². The van der Waals surface area contributed by atoms with Gasteiger partial charge in [0.15, 0.2) is 11.5 Å². The molecule has 0 spiro atoms. The summed E-state index contributed by atoms with van der Waals surface area (Å²) in [6.45, 7) is 0.298. The number of ether oxygens (including phenoxy) is 2. The van der Waals surface area contributed by atoms with Crippen molar-refractivity contribution >= 4 is 82.7 Å². The first-order chi connectivity index (χ1) is 13.8. The topological polar surface area (TPSA) is 125 Å². The van der Waals surface area contributed by atoms with Gasteiger partial charge in [0.2, 0.25) is 0 Å². The summed E-state index contributed by atoms with van der Waals surface area (Å²) in [6, 6.07) is 10.2. The fourth-order valence-corrected chi connectivity index (χ4v) is 3.88. The second-order valence-corrected chi connectivity index (χ2v) is 7.48. The molecule has 2 aromatic carbocycles. The van der Waals surface area contributed by atoms with E-state index in [1.165, 1.54) is 6.07 Å². The average Bonchev–Trinajstić information content (AvgIpc) is 3.27. The van der Waals surface area contributed by atoms with Crippen LogP contribution in [-0.4, -0.2) is 105 Å². The maximum atomic E-state index is 11.5. The molecule has 2 atom stereocenters. The Morgan fingerprint density at radius 3 is 2.48 bits per heavy atom. The number of hydrogen-bond acceptors (Lipinski definition) is 6. The summed E-state index contributed by atoms with van der Waals surface area (Å²) >= 11 is 5.96. The van der Waals surface area contributed by atoms with Gasteiger partial charge >= 0.3 is 17.7 Å². The van der Waals surface area contributed by atoms with Gasteiger partial charge in [-0.25, -0.2) is 9.59 Å². The van der Waals surface area contributed by atoms with Crippen LogP contribution in [-0.2, 0) is 22.4 Å². The molecule has 0 aromatic heterocycles. The summed E-state index contributed by atoms with van der Waals surface area (Å²) in [5.74, 6) is -5.99. The Morgan fingerprint density at radius 1 is 1.13 bits per heavy atom. The van der Waals surface area contributed by atoms with E-state index in [1.54, 1.807) is 30.3 Å². The van der Waals surface area contributed by atoms with E-state index in [1.807, 2.05) is 0 Å². The zero-order chi connectivity index (χ0) is 20.8. The molecular weight excluding hydrogens is 448 g/mol. The zero-order valence-electron chi connectivity index (χ0n) is 17.1. The van der Waals surface area contributed by atoms with E-state index < -0.39 is 23.8 Å². The first-order valence-electron chi connectivity index (χ1n) is 8.96. The summed E-state index contributed by atoms with van der Waals surface area (Å²) in [6.07, 6.45) is 0.371. The molecular formula is C20H18ClNNa2O7. The molecule has 0 saturated heterocycles. The Hall–Kier alpha value is -0.810. The van der Waals surface area contributed by atoms with Crippen LogP contribution < -0.4 is 14.8 Å². The van der Waals surface area contributed by atoms with Crippen molar-refractivity contribution in [2.45, 2.75) is 30.8 Å². The van der Waals surface area contributed by atoms with Gasteiger partial charge in [-0.1, -0.05) is 29.8 Å². The number of rotatable bonds is 6. The van der Waals surface area contributed by atoms with Gasteiger partial charge < -0.3 is 30.1 Å². The van der Waals surface area contributed by atoms with E-state index in [0.29, 0.717) is 35.5 Å². The first kappa shape index (κ1) is 26.4. The van der Waals surface area contributed by atoms with Gasteiger partial charge in [0.25, 0.3) is 0 Å². The molecule has 0 bridgehead atoms. The standard InChI is InChI=1S/C20H18ClNO7.2Na/c21-12-3-1-2-11(6-12)15(23)9-22-13-7-10-4-5-16-17(14(10)8-13)29-20(28-16,18(24)25)19(26)27;;/h1-6,13,15,22-23H,7-9H2,(H,24,25)(H,26,27);;/t13-,15+;;/m1../s1. The van der Waals surface area contributed by atoms with Crippen molar-refractivity contribution in [1.82, 2.24) is 5.32 Å². The van der Waals surface area contributed by atoms with Gasteiger partial charge in [0.05, 0.1) is 6.10 Å². The van der Waals surface area contributed by atoms with Crippen molar-refractivity contribution in [3.63, 3.8) is 0 Å². The fourth-order valence-electron chi connectivity index (χ4n) is 3.68. The number of aliphatic carboxylic acids is 2. The predicted molar refractivity (Wildman–Crippen MR) is 113 cm³/mol. The number of carboxylic acids is 2. The Morgan fingerprint density at radius 2 is 1.84 bits per heavy atom. The van der Waals surface area contributed by atoms with Crippen LogP contribution in [0.5, 0.6) is 11.5 Å². The second-order valence-electron chi connectivity index (χ2n) is 7.05. The molecule has 0 saturated carbocycles. The Balaban J connectivity index is 0.00000171. The Labute approximate surface area is 227 Å². The summed E-state index contributed by atoms with van der Waals surface area (Å²) in [5, 5.41) is 32.8. The van der Waals surface area contributed by atoms with Crippen LogP contribution >= 0.6 is 11.6 Å². The number of nitrogens with one attached hydrogen (secondary N) is 1. The van der Waals surface area contributed by atoms with Crippen LogP contribution in [0.2, 0.25) is 5.02 Å². The molecule has 1 aliphatic carbocycles. The molecule has 8 nitrogen and oxygen atoms in total. The van der Waals surface area contributed by atoms with Crippen LogP contribution in [0, 0.1) is 0 Å². The van der Waals surface area contributed by atoms with Crippen molar-refractivity contribution in [2.75, 3.05) is 6.54 Å². The number of halogens is 1. The minimum absolute atomic E-state index is 0. The van der Waals surface area contributed by atoms with Crippen molar-refractivity contribution in [3.8, 4) is 11.5 Å². The predicted octanol–water partition coefficient (Wildman–Crippen LogP) is 1.01. The minimum Gasteiger partial charge on any atom is -0.475 e. The SMILES string of the molecule is O=C(O)C1(C(=O)O)Oc2ccc3c(c2O1)C[C@H](NC[C@H](O)c1cccc(Cl)c1)C3.[Na].[Na]. The number of carboxylic acid groups (broad SMARTS) is 2. The number of benzene rings is 2. The Kier molecular flexibility index (Phi) is 8.89. The normalized spacial score (nSPS) is 18.3. The van der Waals surface area contributed by atoms with Crippen molar-refractivity contribution in [3.05, 3.63) is 58.1 Å². The zero-order valence-corrected chi connectivity index (χ0v) is 21.8. The monoisotopic (exact) mass is 465 g/mol. The third-order valence-electron chi connectivity index (χ3n) is 5.13. The number of fused-ring (bicyclic) bond motifs is 3. The van der Waals surface area contributed by atoms with Crippen LogP contribution in [0.1, 0.15) is 22.8 Å².